The summed E-state index contributed by atoms with van der Waals surface area (Å²) in [5, 5.41) is 0. The first-order chi connectivity index (χ1) is 45.5. The van der Waals surface area contributed by atoms with Crippen molar-refractivity contribution in [3.8, 4) is 22.6 Å². The van der Waals surface area contributed by atoms with Crippen LogP contribution in [-0.2, 0) is 9.59 Å². The second-order valence-corrected chi connectivity index (χ2v) is 24.8. The van der Waals surface area contributed by atoms with Gasteiger partial charge in [-0.2, -0.15) is 0 Å². The molecule has 476 valence electrons. The molecule has 11 aromatic rings. The van der Waals surface area contributed by atoms with Crippen LogP contribution in [0.5, 0.6) is 11.5 Å². The Morgan fingerprint density at radius 1 is 0.372 bits per heavy atom. The molecule has 0 fully saturated rings. The van der Waals surface area contributed by atoms with Crippen molar-refractivity contribution in [3.63, 3.8) is 0 Å². The van der Waals surface area contributed by atoms with Crippen LogP contribution in [0.4, 0.5) is 51.2 Å². The lowest BCUT2D eigenvalue weighted by Crippen LogP contribution is -2.28. The Labute approximate surface area is 559 Å². The van der Waals surface area contributed by atoms with Crippen LogP contribution in [0.15, 0.2) is 279 Å². The van der Waals surface area contributed by atoms with Gasteiger partial charge in [-0.05, 0) is 228 Å². The van der Waals surface area contributed by atoms with E-state index in [0.717, 1.165) is 69.2 Å². The molecule has 0 spiro atoms. The molecule has 94 heavy (non-hydrogen) atoms. The molecule has 11 aromatic carbocycles. The predicted molar refractivity (Wildman–Crippen MR) is 397 cm³/mol. The van der Waals surface area contributed by atoms with Crippen LogP contribution in [0.2, 0.25) is 0 Å². The van der Waals surface area contributed by atoms with E-state index >= 15 is 0 Å². The van der Waals surface area contributed by atoms with Crippen molar-refractivity contribution in [1.29, 1.82) is 0 Å². The number of esters is 2. The molecule has 11 rings (SSSR count). The number of hydrogen-bond donors (Lipinski definition) is 0. The van der Waals surface area contributed by atoms with E-state index in [4.69, 9.17) is 9.47 Å². The lowest BCUT2D eigenvalue weighted by Gasteiger charge is -2.26. The molecule has 7 heteroatoms. The molecular weight excluding hydrogens is 1150 g/mol. The van der Waals surface area contributed by atoms with Crippen molar-refractivity contribution in [2.75, 3.05) is 14.7 Å². The molecule has 0 heterocycles. The molecule has 2 unspecified atom stereocenters. The van der Waals surface area contributed by atoms with E-state index < -0.39 is 5.41 Å². The van der Waals surface area contributed by atoms with E-state index in [1.165, 1.54) is 51.3 Å². The Hall–Kier alpha value is -10.5. The quantitative estimate of drug-likeness (QED) is 0.0428. The topological polar surface area (TPSA) is 62.3 Å². The molecule has 0 bridgehead atoms. The highest BCUT2D eigenvalue weighted by Crippen LogP contribution is 2.39. The van der Waals surface area contributed by atoms with E-state index in [2.05, 4.69) is 299 Å². The standard InChI is InChI=1S/C34H35NO2.C31H31NO2.C22H23N/c1-6-34(4,5)33(36)37-32-23-15-28(16-24-32)12-11-27-13-21-31(22-14-27)35(29-17-7-25(2)8-18-29)30-19-9-26(3)10-20-30;1-5-24(4)31(33)34-30-19-13-25(14-20-30)26-7-6-8-29(21-26)32(27-15-9-22(2)10-16-27)28-17-11-23(3)12-18-28;1-3-18(2)19-14-16-22(17-15-19)23(20-10-6-4-7-11-20)21-12-8-5-9-13-21/h7-24H,6H2,1-5H3;6-21,24H,5H2,1-4H3;4-18H,3H2,1-2H3/b12-11+;;. The van der Waals surface area contributed by atoms with Crippen LogP contribution in [0.3, 0.4) is 0 Å². The molecular formula is C87H89N3O4. The summed E-state index contributed by atoms with van der Waals surface area (Å²) in [5.41, 5.74) is 20.4. The Balaban J connectivity index is 0.000000170. The molecule has 7 nitrogen and oxygen atoms in total. The van der Waals surface area contributed by atoms with Crippen LogP contribution >= 0.6 is 0 Å². The Kier molecular flexibility index (Phi) is 23.6. The fourth-order valence-electron chi connectivity index (χ4n) is 10.3. The van der Waals surface area contributed by atoms with Crippen molar-refractivity contribution < 1.29 is 19.1 Å². The van der Waals surface area contributed by atoms with Gasteiger partial charge in [0.25, 0.3) is 0 Å². The number of aryl methyl sites for hydroxylation is 4. The van der Waals surface area contributed by atoms with Gasteiger partial charge in [0.15, 0.2) is 0 Å². The van der Waals surface area contributed by atoms with Crippen molar-refractivity contribution in [2.45, 2.75) is 101 Å². The first-order valence-corrected chi connectivity index (χ1v) is 32.9. The first kappa shape index (κ1) is 67.9. The fraction of sp³-hybridized carbons (Fsp3) is 0.195. The first-order valence-electron chi connectivity index (χ1n) is 32.9. The van der Waals surface area contributed by atoms with E-state index in [1.54, 1.807) is 0 Å². The maximum atomic E-state index is 12.3. The molecule has 0 aliphatic carbocycles. The zero-order valence-electron chi connectivity index (χ0n) is 56.5. The number of anilines is 9. The summed E-state index contributed by atoms with van der Waals surface area (Å²) in [5.74, 6) is 1.25. The maximum absolute atomic E-state index is 12.3. The predicted octanol–water partition coefficient (Wildman–Crippen LogP) is 24.3. The summed E-state index contributed by atoms with van der Waals surface area (Å²) in [4.78, 5) is 31.2. The van der Waals surface area contributed by atoms with E-state index in [1.807, 2.05) is 83.1 Å². The number of ether oxygens (including phenoxy) is 2. The van der Waals surface area contributed by atoms with Crippen LogP contribution in [0.1, 0.15) is 113 Å². The monoisotopic (exact) mass is 1240 g/mol. The summed E-state index contributed by atoms with van der Waals surface area (Å²) in [6.07, 6.45) is 6.82. The maximum Gasteiger partial charge on any atom is 0.316 e. The van der Waals surface area contributed by atoms with E-state index in [0.29, 0.717) is 17.4 Å². The Morgan fingerprint density at radius 2 is 0.713 bits per heavy atom. The average molecular weight is 1240 g/mol. The number of nitrogens with zero attached hydrogens (tertiary/aromatic N) is 3. The van der Waals surface area contributed by atoms with Gasteiger partial charge >= 0.3 is 11.9 Å². The van der Waals surface area contributed by atoms with Crippen LogP contribution < -0.4 is 24.2 Å². The minimum absolute atomic E-state index is 0.106. The summed E-state index contributed by atoms with van der Waals surface area (Å²) < 4.78 is 11.0. The second kappa shape index (κ2) is 32.7. The van der Waals surface area contributed by atoms with Crippen LogP contribution in [-0.4, -0.2) is 11.9 Å². The number of para-hydroxylation sites is 2. The van der Waals surface area contributed by atoms with Gasteiger partial charge in [0.1, 0.15) is 11.5 Å². The summed E-state index contributed by atoms with van der Waals surface area (Å²) in [7, 11) is 0. The third-order valence-corrected chi connectivity index (χ3v) is 17.2. The number of benzene rings is 11. The van der Waals surface area contributed by atoms with Crippen molar-refractivity contribution in [1.82, 2.24) is 0 Å². The van der Waals surface area contributed by atoms with Gasteiger partial charge in [0.2, 0.25) is 0 Å². The minimum atomic E-state index is -0.487. The molecule has 0 aromatic heterocycles. The minimum Gasteiger partial charge on any atom is -0.426 e. The zero-order valence-corrected chi connectivity index (χ0v) is 56.5. The Morgan fingerprint density at radius 3 is 1.11 bits per heavy atom. The summed E-state index contributed by atoms with van der Waals surface area (Å²) in [6, 6.07) is 96.8. The lowest BCUT2D eigenvalue weighted by molar-refractivity contribution is -0.144. The summed E-state index contributed by atoms with van der Waals surface area (Å²) >= 11 is 0. The van der Waals surface area contributed by atoms with E-state index in [9.17, 15) is 9.59 Å². The van der Waals surface area contributed by atoms with Crippen molar-refractivity contribution in [3.05, 3.63) is 318 Å². The van der Waals surface area contributed by atoms with Gasteiger partial charge in [-0.1, -0.05) is 215 Å². The summed E-state index contributed by atoms with van der Waals surface area (Å²) in [6.45, 7) is 22.6. The lowest BCUT2D eigenvalue weighted by atomic mass is 9.91. The van der Waals surface area contributed by atoms with Gasteiger partial charge in [0.05, 0.1) is 11.3 Å². The van der Waals surface area contributed by atoms with Crippen LogP contribution in [0, 0.1) is 39.0 Å². The SMILES string of the molecule is CCC(C)(C)C(=O)Oc1ccc(/C=C/c2ccc(N(c3ccc(C)cc3)c3ccc(C)cc3)cc2)cc1.CCC(C)C(=O)Oc1ccc(-c2cccc(N(c3ccc(C)cc3)c3ccc(C)cc3)c2)cc1.CCC(C)c1ccc(N(c2ccccc2)c2ccccc2)cc1. The molecule has 0 amide bonds. The molecule has 2 atom stereocenters. The average Bonchev–Trinajstić information content (AvgIpc) is 0.846. The molecule has 0 aliphatic heterocycles. The molecule has 0 saturated heterocycles. The fourth-order valence-corrected chi connectivity index (χ4v) is 10.3. The zero-order chi connectivity index (χ0) is 66.6. The number of carbonyl (C=O) groups is 2. The highest BCUT2D eigenvalue weighted by molar-refractivity contribution is 5.83. The van der Waals surface area contributed by atoms with Gasteiger partial charge < -0.3 is 24.2 Å². The smallest absolute Gasteiger partial charge is 0.316 e. The third-order valence-electron chi connectivity index (χ3n) is 17.2. The number of carbonyl (C=O) groups excluding carboxylic acids is 2. The molecule has 0 aliphatic rings. The van der Waals surface area contributed by atoms with Gasteiger partial charge in [-0.15, -0.1) is 0 Å². The number of hydrogen-bond acceptors (Lipinski definition) is 7. The molecule has 0 radical (unpaired) electrons. The molecule has 0 N–H and O–H groups in total. The highest BCUT2D eigenvalue weighted by atomic mass is 16.5. The normalized spacial score (nSPS) is 11.6. The number of rotatable bonds is 20. The van der Waals surface area contributed by atoms with Gasteiger partial charge in [-0.3, -0.25) is 9.59 Å². The van der Waals surface area contributed by atoms with E-state index in [-0.39, 0.29) is 17.9 Å². The molecule has 0 saturated carbocycles. The van der Waals surface area contributed by atoms with Gasteiger partial charge in [-0.25, -0.2) is 0 Å². The second-order valence-electron chi connectivity index (χ2n) is 24.8. The Bertz CT molecular complexity index is 4040. The van der Waals surface area contributed by atoms with Crippen molar-refractivity contribution >= 4 is 75.3 Å². The van der Waals surface area contributed by atoms with Gasteiger partial charge in [0, 0.05) is 51.2 Å². The third kappa shape index (κ3) is 18.4. The largest absolute Gasteiger partial charge is 0.426 e. The van der Waals surface area contributed by atoms with Crippen LogP contribution in [0.25, 0.3) is 23.3 Å². The van der Waals surface area contributed by atoms with Crippen molar-refractivity contribution in [2.24, 2.45) is 11.3 Å². The highest BCUT2D eigenvalue weighted by Gasteiger charge is 2.28.